The third-order valence-electron chi connectivity index (χ3n) is 3.89. The van der Waals surface area contributed by atoms with Crippen molar-refractivity contribution in [2.24, 2.45) is 0 Å². The van der Waals surface area contributed by atoms with Crippen molar-refractivity contribution >= 4 is 5.97 Å². The summed E-state index contributed by atoms with van der Waals surface area (Å²) in [4.78, 5) is 10.3. The predicted molar refractivity (Wildman–Crippen MR) is 85.3 cm³/mol. The molecule has 0 aromatic rings. The second-order valence-corrected chi connectivity index (χ2v) is 6.08. The summed E-state index contributed by atoms with van der Waals surface area (Å²) >= 11 is 0. The van der Waals surface area contributed by atoms with E-state index in [1.807, 2.05) is 0 Å². The molecule has 2 unspecified atom stereocenters. The molecule has 0 spiro atoms. The van der Waals surface area contributed by atoms with Crippen molar-refractivity contribution < 1.29 is 20.1 Å². The first-order valence-corrected chi connectivity index (χ1v) is 8.64. The van der Waals surface area contributed by atoms with Gasteiger partial charge in [0.2, 0.25) is 0 Å². The third-order valence-corrected chi connectivity index (χ3v) is 3.89. The Hall–Kier alpha value is -0.610. The van der Waals surface area contributed by atoms with Gasteiger partial charge in [-0.2, -0.15) is 0 Å². The Bertz CT molecular complexity index is 243. The van der Waals surface area contributed by atoms with Crippen molar-refractivity contribution in [3.05, 3.63) is 0 Å². The van der Waals surface area contributed by atoms with E-state index in [0.717, 1.165) is 64.2 Å². The monoisotopic (exact) mass is 302 g/mol. The van der Waals surface area contributed by atoms with Crippen LogP contribution in [0.2, 0.25) is 0 Å². The fourth-order valence-corrected chi connectivity index (χ4v) is 2.52. The van der Waals surface area contributed by atoms with Crippen molar-refractivity contribution in [1.82, 2.24) is 0 Å². The van der Waals surface area contributed by atoms with Gasteiger partial charge in [-0.25, -0.2) is 0 Å². The number of carboxylic acid groups (broad SMARTS) is 1. The molecule has 0 heterocycles. The maximum absolute atomic E-state index is 10.3. The van der Waals surface area contributed by atoms with Crippen LogP contribution in [0.5, 0.6) is 0 Å². The third kappa shape index (κ3) is 15.6. The lowest BCUT2D eigenvalue weighted by Gasteiger charge is -2.13. The Balaban J connectivity index is 3.33. The zero-order valence-corrected chi connectivity index (χ0v) is 13.6. The summed E-state index contributed by atoms with van der Waals surface area (Å²) < 4.78 is 0. The van der Waals surface area contributed by atoms with E-state index in [1.54, 1.807) is 0 Å². The first-order valence-electron chi connectivity index (χ1n) is 8.64. The van der Waals surface area contributed by atoms with Gasteiger partial charge >= 0.3 is 5.97 Å². The van der Waals surface area contributed by atoms with Crippen LogP contribution in [0.4, 0.5) is 0 Å². The molecule has 4 nitrogen and oxygen atoms in total. The van der Waals surface area contributed by atoms with E-state index >= 15 is 0 Å². The minimum atomic E-state index is -0.729. The molecule has 0 bridgehead atoms. The van der Waals surface area contributed by atoms with Crippen molar-refractivity contribution in [1.29, 1.82) is 0 Å². The smallest absolute Gasteiger partial charge is 0.303 e. The van der Waals surface area contributed by atoms with Gasteiger partial charge in [0.25, 0.3) is 0 Å². The van der Waals surface area contributed by atoms with E-state index in [4.69, 9.17) is 5.11 Å². The average molecular weight is 302 g/mol. The van der Waals surface area contributed by atoms with Crippen LogP contribution >= 0.6 is 0 Å². The van der Waals surface area contributed by atoms with Crippen LogP contribution in [0.3, 0.4) is 0 Å². The molecule has 0 amide bonds. The van der Waals surface area contributed by atoms with E-state index in [1.165, 1.54) is 12.8 Å². The van der Waals surface area contributed by atoms with Crippen molar-refractivity contribution in [3.8, 4) is 0 Å². The van der Waals surface area contributed by atoms with Gasteiger partial charge in [0.05, 0.1) is 12.2 Å². The largest absolute Gasteiger partial charge is 0.481 e. The topological polar surface area (TPSA) is 77.8 Å². The lowest BCUT2D eigenvalue weighted by atomic mass is 10.0. The molecule has 0 aromatic heterocycles. The quantitative estimate of drug-likeness (QED) is 0.401. The summed E-state index contributed by atoms with van der Waals surface area (Å²) in [5.41, 5.74) is 0. The lowest BCUT2D eigenvalue weighted by Crippen LogP contribution is -2.10. The molecule has 21 heavy (non-hydrogen) atoms. The number of unbranched alkanes of at least 4 members (excludes halogenated alkanes) is 5. The summed E-state index contributed by atoms with van der Waals surface area (Å²) in [7, 11) is 0. The summed E-state index contributed by atoms with van der Waals surface area (Å²) in [6, 6.07) is 0. The van der Waals surface area contributed by atoms with Gasteiger partial charge in [-0.15, -0.1) is 0 Å². The van der Waals surface area contributed by atoms with Crippen LogP contribution in [-0.2, 0) is 4.79 Å². The van der Waals surface area contributed by atoms with Gasteiger partial charge in [0.1, 0.15) is 0 Å². The zero-order valence-electron chi connectivity index (χ0n) is 13.6. The normalized spacial score (nSPS) is 14.0. The number of aliphatic hydroxyl groups is 2. The molecule has 126 valence electrons. The van der Waals surface area contributed by atoms with Gasteiger partial charge in [0, 0.05) is 6.42 Å². The van der Waals surface area contributed by atoms with Crippen LogP contribution < -0.4 is 0 Å². The molecule has 0 aliphatic carbocycles. The van der Waals surface area contributed by atoms with Crippen LogP contribution in [0.15, 0.2) is 0 Å². The number of aliphatic carboxylic acids is 1. The number of hydrogen-bond donors (Lipinski definition) is 3. The van der Waals surface area contributed by atoms with Gasteiger partial charge in [-0.1, -0.05) is 45.4 Å². The Kier molecular flexibility index (Phi) is 13.9. The maximum Gasteiger partial charge on any atom is 0.303 e. The highest BCUT2D eigenvalue weighted by molar-refractivity contribution is 5.66. The number of hydrogen-bond acceptors (Lipinski definition) is 3. The van der Waals surface area contributed by atoms with Crippen molar-refractivity contribution in [2.75, 3.05) is 0 Å². The Morgan fingerprint density at radius 3 is 1.76 bits per heavy atom. The fourth-order valence-electron chi connectivity index (χ4n) is 2.52. The molecule has 0 aliphatic rings. The van der Waals surface area contributed by atoms with Crippen LogP contribution in [0.1, 0.15) is 90.4 Å². The first-order chi connectivity index (χ1) is 10.1. The Morgan fingerprint density at radius 1 is 0.762 bits per heavy atom. The SMILES string of the molecule is CCCCCC(O)CCCC(O)CCCCCCC(=O)O. The highest BCUT2D eigenvalue weighted by Crippen LogP contribution is 2.14. The molecule has 0 saturated heterocycles. The van der Waals surface area contributed by atoms with E-state index < -0.39 is 5.97 Å². The molecule has 0 saturated carbocycles. The molecular weight excluding hydrogens is 268 g/mol. The summed E-state index contributed by atoms with van der Waals surface area (Å²) in [5.74, 6) is -0.729. The Morgan fingerprint density at radius 2 is 1.24 bits per heavy atom. The number of rotatable bonds is 15. The van der Waals surface area contributed by atoms with Crippen molar-refractivity contribution in [3.63, 3.8) is 0 Å². The summed E-state index contributed by atoms with van der Waals surface area (Å²) in [5, 5.41) is 28.1. The van der Waals surface area contributed by atoms with Crippen LogP contribution in [-0.4, -0.2) is 33.5 Å². The average Bonchev–Trinajstić information content (AvgIpc) is 2.42. The summed E-state index contributed by atoms with van der Waals surface area (Å²) in [6.45, 7) is 2.16. The van der Waals surface area contributed by atoms with E-state index in [9.17, 15) is 15.0 Å². The molecule has 0 rings (SSSR count). The molecule has 0 radical (unpaired) electrons. The molecule has 3 N–H and O–H groups in total. The second-order valence-electron chi connectivity index (χ2n) is 6.08. The maximum atomic E-state index is 10.3. The fraction of sp³-hybridized carbons (Fsp3) is 0.941. The second kappa shape index (κ2) is 14.3. The number of carboxylic acids is 1. The van der Waals surface area contributed by atoms with Gasteiger partial charge in [0.15, 0.2) is 0 Å². The number of carbonyl (C=O) groups is 1. The van der Waals surface area contributed by atoms with E-state index in [0.29, 0.717) is 0 Å². The van der Waals surface area contributed by atoms with Gasteiger partial charge in [-0.05, 0) is 38.5 Å². The highest BCUT2D eigenvalue weighted by atomic mass is 16.4. The molecular formula is C17H34O4. The van der Waals surface area contributed by atoms with Gasteiger partial charge in [-0.3, -0.25) is 4.79 Å². The van der Waals surface area contributed by atoms with Crippen LogP contribution in [0.25, 0.3) is 0 Å². The summed E-state index contributed by atoms with van der Waals surface area (Å²) in [6.07, 6.45) is 10.9. The molecule has 2 atom stereocenters. The van der Waals surface area contributed by atoms with Crippen LogP contribution in [0, 0.1) is 0 Å². The Labute approximate surface area is 129 Å². The minimum absolute atomic E-state index is 0.209. The van der Waals surface area contributed by atoms with E-state index in [2.05, 4.69) is 6.92 Å². The van der Waals surface area contributed by atoms with Crippen molar-refractivity contribution in [2.45, 2.75) is 103 Å². The molecule has 4 heteroatoms. The standard InChI is InChI=1S/C17H34O4/c1-2-3-6-10-15(18)12-9-13-16(19)11-7-4-5-8-14-17(20)21/h15-16,18-19H,2-14H2,1H3,(H,20,21). The molecule has 0 aromatic carbocycles. The highest BCUT2D eigenvalue weighted by Gasteiger charge is 2.07. The minimum Gasteiger partial charge on any atom is -0.481 e. The van der Waals surface area contributed by atoms with E-state index in [-0.39, 0.29) is 18.6 Å². The number of aliphatic hydroxyl groups excluding tert-OH is 2. The lowest BCUT2D eigenvalue weighted by molar-refractivity contribution is -0.137. The predicted octanol–water partition coefficient (Wildman–Crippen LogP) is 3.88. The molecule has 0 aliphatic heterocycles. The zero-order chi connectivity index (χ0) is 15.9. The molecule has 0 fully saturated rings. The van der Waals surface area contributed by atoms with Gasteiger partial charge < -0.3 is 15.3 Å². The first kappa shape index (κ1) is 20.4.